The van der Waals surface area contributed by atoms with E-state index in [0.717, 1.165) is 6.07 Å². The highest BCUT2D eigenvalue weighted by Gasteiger charge is 2.20. The van der Waals surface area contributed by atoms with Gasteiger partial charge in [0.15, 0.2) is 0 Å². The van der Waals surface area contributed by atoms with Gasteiger partial charge in [0, 0.05) is 28.8 Å². The number of fused-ring (bicyclic) bond motifs is 1. The third kappa shape index (κ3) is 2.49. The van der Waals surface area contributed by atoms with Crippen molar-refractivity contribution in [2.75, 3.05) is 0 Å². The second-order valence-electron chi connectivity index (χ2n) is 5.08. The Morgan fingerprint density at radius 2 is 2.04 bits per heavy atom. The molecule has 2 N–H and O–H groups in total. The third-order valence-corrected chi connectivity index (χ3v) is 3.98. The summed E-state index contributed by atoms with van der Waals surface area (Å²) in [6.07, 6.45) is 1.40. The number of aliphatic hydroxyl groups is 1. The van der Waals surface area contributed by atoms with Crippen LogP contribution in [-0.2, 0) is 6.61 Å². The van der Waals surface area contributed by atoms with Crippen LogP contribution in [0.3, 0.4) is 0 Å². The van der Waals surface area contributed by atoms with Gasteiger partial charge in [-0.1, -0.05) is 17.7 Å². The molecule has 1 aromatic heterocycles. The number of hydrogen-bond donors (Lipinski definition) is 2. The molecule has 0 aliphatic rings. The Labute approximate surface area is 140 Å². The molecule has 0 spiro atoms. The van der Waals surface area contributed by atoms with Crippen molar-refractivity contribution in [3.63, 3.8) is 0 Å². The maximum Gasteiger partial charge on any atom is 0.288 e. The van der Waals surface area contributed by atoms with Crippen molar-refractivity contribution in [2.24, 2.45) is 0 Å². The maximum atomic E-state index is 12.7. The molecule has 0 bridgehead atoms. The van der Waals surface area contributed by atoms with Crippen molar-refractivity contribution >= 4 is 34.1 Å². The molecule has 8 heteroatoms. The van der Waals surface area contributed by atoms with Crippen molar-refractivity contribution in [3.05, 3.63) is 68.9 Å². The van der Waals surface area contributed by atoms with Gasteiger partial charge in [0.05, 0.1) is 17.0 Å². The van der Waals surface area contributed by atoms with E-state index in [1.807, 2.05) is 0 Å². The number of phenols is 1. The van der Waals surface area contributed by atoms with Gasteiger partial charge >= 0.3 is 0 Å². The number of aromatic nitrogens is 1. The summed E-state index contributed by atoms with van der Waals surface area (Å²) >= 11 is 5.76. The average Bonchev–Trinajstić information content (AvgIpc) is 2.94. The summed E-state index contributed by atoms with van der Waals surface area (Å²) in [5.41, 5.74) is 0.460. The van der Waals surface area contributed by atoms with Crippen LogP contribution in [0.5, 0.6) is 5.75 Å². The van der Waals surface area contributed by atoms with Crippen LogP contribution in [0.4, 0.5) is 5.69 Å². The number of aliphatic hydroxyl groups excluding tert-OH is 1. The predicted octanol–water partition coefficient (Wildman–Crippen LogP) is 3.09. The quantitative estimate of drug-likeness (QED) is 0.560. The number of nitro benzene ring substituents is 1. The van der Waals surface area contributed by atoms with Crippen LogP contribution < -0.4 is 0 Å². The highest BCUT2D eigenvalue weighted by Crippen LogP contribution is 2.31. The Kier molecular flexibility index (Phi) is 3.96. The topological polar surface area (TPSA) is 106 Å². The number of hydrogen-bond acceptors (Lipinski definition) is 5. The molecular formula is C16H11ClN2O5. The Bertz CT molecular complexity index is 980. The van der Waals surface area contributed by atoms with Gasteiger partial charge in [-0.05, 0) is 24.3 Å². The lowest BCUT2D eigenvalue weighted by atomic mass is 10.1. The van der Waals surface area contributed by atoms with Crippen LogP contribution in [-0.4, -0.2) is 25.6 Å². The molecule has 0 aliphatic carbocycles. The summed E-state index contributed by atoms with van der Waals surface area (Å²) in [5.74, 6) is -0.602. The zero-order chi connectivity index (χ0) is 17.4. The van der Waals surface area contributed by atoms with E-state index < -0.39 is 10.8 Å². The smallest absolute Gasteiger partial charge is 0.288 e. The number of halogens is 1. The zero-order valence-electron chi connectivity index (χ0n) is 12.1. The molecule has 0 fully saturated rings. The van der Waals surface area contributed by atoms with E-state index in [9.17, 15) is 25.1 Å². The van der Waals surface area contributed by atoms with Gasteiger partial charge in [-0.15, -0.1) is 0 Å². The number of carbonyl (C=O) groups is 1. The lowest BCUT2D eigenvalue weighted by Gasteiger charge is -2.05. The lowest BCUT2D eigenvalue weighted by molar-refractivity contribution is -0.384. The number of rotatable bonds is 3. The number of phenolic OH excluding ortho intramolecular Hbond substituents is 1. The van der Waals surface area contributed by atoms with Crippen LogP contribution >= 0.6 is 11.6 Å². The fourth-order valence-corrected chi connectivity index (χ4v) is 2.75. The largest absolute Gasteiger partial charge is 0.507 e. The number of carbonyl (C=O) groups excluding carboxylic acids is 1. The summed E-state index contributed by atoms with van der Waals surface area (Å²) < 4.78 is 1.23. The SMILES string of the molecule is O=C(c1ccc(Cl)c([N+](=O)[O-])c1)n1cc(CO)c2c(O)cccc21. The predicted molar refractivity (Wildman–Crippen MR) is 87.4 cm³/mol. The molecule has 7 nitrogen and oxygen atoms in total. The van der Waals surface area contributed by atoms with Crippen LogP contribution in [0, 0.1) is 10.1 Å². The average molecular weight is 347 g/mol. The van der Waals surface area contributed by atoms with Gasteiger partial charge < -0.3 is 10.2 Å². The second kappa shape index (κ2) is 5.95. The monoisotopic (exact) mass is 346 g/mol. The number of nitrogens with zero attached hydrogens (tertiary/aromatic N) is 2. The van der Waals surface area contributed by atoms with Gasteiger partial charge in [-0.25, -0.2) is 0 Å². The minimum absolute atomic E-state index is 0.0646. The van der Waals surface area contributed by atoms with E-state index in [2.05, 4.69) is 0 Å². The summed E-state index contributed by atoms with van der Waals surface area (Å²) in [6, 6.07) is 8.37. The van der Waals surface area contributed by atoms with E-state index in [4.69, 9.17) is 11.6 Å². The Morgan fingerprint density at radius 3 is 2.71 bits per heavy atom. The summed E-state index contributed by atoms with van der Waals surface area (Å²) in [5, 5.41) is 30.7. The van der Waals surface area contributed by atoms with Crippen LogP contribution in [0.15, 0.2) is 42.6 Å². The number of aromatic hydroxyl groups is 1. The normalized spacial score (nSPS) is 10.9. The molecule has 0 atom stereocenters. The lowest BCUT2D eigenvalue weighted by Crippen LogP contribution is -2.11. The third-order valence-electron chi connectivity index (χ3n) is 3.66. The van der Waals surface area contributed by atoms with Crippen molar-refractivity contribution in [3.8, 4) is 5.75 Å². The minimum atomic E-state index is -0.669. The fraction of sp³-hybridized carbons (Fsp3) is 0.0625. The first-order valence-electron chi connectivity index (χ1n) is 6.85. The molecule has 0 radical (unpaired) electrons. The molecule has 0 saturated carbocycles. The first kappa shape index (κ1) is 16.0. The fourth-order valence-electron chi connectivity index (χ4n) is 2.56. The first-order chi connectivity index (χ1) is 11.4. The van der Waals surface area contributed by atoms with Gasteiger partial charge in [0.25, 0.3) is 11.6 Å². The molecule has 24 heavy (non-hydrogen) atoms. The van der Waals surface area contributed by atoms with Crippen molar-refractivity contribution in [1.82, 2.24) is 4.57 Å². The van der Waals surface area contributed by atoms with Crippen LogP contribution in [0.2, 0.25) is 5.02 Å². The highest BCUT2D eigenvalue weighted by atomic mass is 35.5. The molecule has 3 rings (SSSR count). The van der Waals surface area contributed by atoms with Gasteiger partial charge in [0.2, 0.25) is 0 Å². The molecule has 0 amide bonds. The molecule has 3 aromatic rings. The minimum Gasteiger partial charge on any atom is -0.507 e. The van der Waals surface area contributed by atoms with E-state index in [-0.39, 0.29) is 28.6 Å². The van der Waals surface area contributed by atoms with Crippen LogP contribution in [0.25, 0.3) is 10.9 Å². The Balaban J connectivity index is 2.18. The van der Waals surface area contributed by atoms with E-state index >= 15 is 0 Å². The Hall–Kier alpha value is -2.90. The second-order valence-corrected chi connectivity index (χ2v) is 5.49. The van der Waals surface area contributed by atoms with E-state index in [1.54, 1.807) is 12.1 Å². The van der Waals surface area contributed by atoms with Gasteiger partial charge in [-0.3, -0.25) is 19.5 Å². The number of nitro groups is 1. The molecule has 0 unspecified atom stereocenters. The van der Waals surface area contributed by atoms with Gasteiger partial charge in [-0.2, -0.15) is 0 Å². The molecule has 2 aromatic carbocycles. The highest BCUT2D eigenvalue weighted by molar-refractivity contribution is 6.32. The molecular weight excluding hydrogens is 336 g/mol. The first-order valence-corrected chi connectivity index (χ1v) is 7.23. The molecule has 0 saturated heterocycles. The maximum absolute atomic E-state index is 12.7. The van der Waals surface area contributed by atoms with Crippen molar-refractivity contribution < 1.29 is 19.9 Å². The van der Waals surface area contributed by atoms with E-state index in [1.165, 1.54) is 29.0 Å². The Morgan fingerprint density at radius 1 is 1.29 bits per heavy atom. The van der Waals surface area contributed by atoms with Crippen LogP contribution in [0.1, 0.15) is 15.9 Å². The summed E-state index contributed by atoms with van der Waals surface area (Å²) in [4.78, 5) is 23.0. The number of benzene rings is 2. The molecule has 0 aliphatic heterocycles. The van der Waals surface area contributed by atoms with E-state index in [0.29, 0.717) is 16.5 Å². The summed E-state index contributed by atoms with van der Waals surface area (Å²) in [7, 11) is 0. The molecule has 1 heterocycles. The zero-order valence-corrected chi connectivity index (χ0v) is 12.9. The van der Waals surface area contributed by atoms with Crippen molar-refractivity contribution in [1.29, 1.82) is 0 Å². The standard InChI is InChI=1S/C16H11ClN2O5/c17-11-5-4-9(6-13(11)19(23)24)16(22)18-7-10(8-20)15-12(18)2-1-3-14(15)21/h1-7,20-21H,8H2. The molecule has 122 valence electrons. The van der Waals surface area contributed by atoms with Gasteiger partial charge in [0.1, 0.15) is 10.8 Å². The summed E-state index contributed by atoms with van der Waals surface area (Å²) in [6.45, 7) is -0.366. The van der Waals surface area contributed by atoms with Crippen molar-refractivity contribution in [2.45, 2.75) is 6.61 Å².